The number of rotatable bonds is 0. The Labute approximate surface area is 63.9 Å². The average molecular weight is 175 g/mol. The van der Waals surface area contributed by atoms with Gasteiger partial charge in [0.25, 0.3) is 5.91 Å². The highest BCUT2D eigenvalue weighted by Gasteiger charge is 2.22. The van der Waals surface area contributed by atoms with Crippen molar-refractivity contribution in [3.05, 3.63) is 12.3 Å². The standard InChI is InChI=1S/C5H5NO4S/c7-3-1-2-6-5(8)4(3)11(9)10/h1-3,7H,(H,6,8). The monoisotopic (exact) mass is 175 g/mol. The van der Waals surface area contributed by atoms with E-state index in [4.69, 9.17) is 5.11 Å². The summed E-state index contributed by atoms with van der Waals surface area (Å²) in [5, 5.41) is 11.1. The van der Waals surface area contributed by atoms with Gasteiger partial charge in [0, 0.05) is 6.20 Å². The van der Waals surface area contributed by atoms with Gasteiger partial charge in [-0.3, -0.25) is 4.79 Å². The minimum Gasteiger partial charge on any atom is -0.383 e. The van der Waals surface area contributed by atoms with E-state index in [0.29, 0.717) is 0 Å². The fourth-order valence-corrected chi connectivity index (χ4v) is 1.17. The van der Waals surface area contributed by atoms with E-state index in [0.717, 1.165) is 0 Å². The third-order valence-electron chi connectivity index (χ3n) is 1.16. The molecule has 0 aromatic carbocycles. The molecule has 1 unspecified atom stereocenters. The van der Waals surface area contributed by atoms with Gasteiger partial charge < -0.3 is 10.4 Å². The summed E-state index contributed by atoms with van der Waals surface area (Å²) in [5.74, 6) is -0.784. The van der Waals surface area contributed by atoms with Crippen LogP contribution in [-0.2, 0) is 15.1 Å². The number of hydrogen-bond donors (Lipinski definition) is 2. The second-order valence-electron chi connectivity index (χ2n) is 1.88. The molecule has 6 heteroatoms. The minimum atomic E-state index is -2.66. The third kappa shape index (κ3) is 1.47. The smallest absolute Gasteiger partial charge is 0.269 e. The summed E-state index contributed by atoms with van der Waals surface area (Å²) in [6.45, 7) is 0. The number of amides is 1. The van der Waals surface area contributed by atoms with Crippen molar-refractivity contribution in [3.8, 4) is 0 Å². The molecule has 0 saturated carbocycles. The lowest BCUT2D eigenvalue weighted by Crippen LogP contribution is -2.39. The lowest BCUT2D eigenvalue weighted by Gasteiger charge is -2.09. The van der Waals surface area contributed by atoms with Gasteiger partial charge in [0.05, 0.1) is 0 Å². The zero-order chi connectivity index (χ0) is 8.43. The largest absolute Gasteiger partial charge is 0.383 e. The Hall–Kier alpha value is -1.14. The first kappa shape index (κ1) is 7.96. The summed E-state index contributed by atoms with van der Waals surface area (Å²) in [5.41, 5.74) is 0. The normalized spacial score (nSPS) is 23.2. The summed E-state index contributed by atoms with van der Waals surface area (Å²) in [6, 6.07) is 0. The van der Waals surface area contributed by atoms with Gasteiger partial charge in [-0.2, -0.15) is 8.42 Å². The maximum absolute atomic E-state index is 10.7. The molecule has 0 aromatic rings. The van der Waals surface area contributed by atoms with Crippen molar-refractivity contribution in [1.29, 1.82) is 0 Å². The van der Waals surface area contributed by atoms with Crippen molar-refractivity contribution in [1.82, 2.24) is 5.32 Å². The Kier molecular flexibility index (Phi) is 2.06. The molecule has 11 heavy (non-hydrogen) atoms. The number of aliphatic hydroxyl groups is 1. The average Bonchev–Trinajstić information content (AvgIpc) is 1.85. The van der Waals surface area contributed by atoms with E-state index < -0.39 is 27.2 Å². The molecule has 0 fully saturated rings. The van der Waals surface area contributed by atoms with E-state index in [9.17, 15) is 13.2 Å². The molecule has 0 spiro atoms. The maximum atomic E-state index is 10.7. The summed E-state index contributed by atoms with van der Waals surface area (Å²) in [6.07, 6.45) is 1.05. The first-order valence-electron chi connectivity index (χ1n) is 2.74. The Morgan fingerprint density at radius 3 is 2.55 bits per heavy atom. The van der Waals surface area contributed by atoms with Gasteiger partial charge in [-0.15, -0.1) is 0 Å². The van der Waals surface area contributed by atoms with Crippen molar-refractivity contribution in [2.45, 2.75) is 6.10 Å². The summed E-state index contributed by atoms with van der Waals surface area (Å²) in [7, 11) is -2.66. The molecule has 5 nitrogen and oxygen atoms in total. The molecule has 1 aliphatic rings. The van der Waals surface area contributed by atoms with Gasteiger partial charge in [-0.1, -0.05) is 0 Å². The molecular weight excluding hydrogens is 170 g/mol. The molecule has 0 saturated heterocycles. The molecule has 0 radical (unpaired) electrons. The molecular formula is C5H5NO4S. The minimum absolute atomic E-state index is 0.549. The van der Waals surface area contributed by atoms with Crippen LogP contribution >= 0.6 is 0 Å². The van der Waals surface area contributed by atoms with E-state index in [2.05, 4.69) is 5.32 Å². The van der Waals surface area contributed by atoms with Crippen molar-refractivity contribution in [3.63, 3.8) is 0 Å². The fraction of sp³-hybridized carbons (Fsp3) is 0.200. The molecule has 1 aliphatic heterocycles. The Morgan fingerprint density at radius 2 is 2.18 bits per heavy atom. The fourth-order valence-electron chi connectivity index (χ4n) is 0.682. The van der Waals surface area contributed by atoms with Crippen molar-refractivity contribution in [2.24, 2.45) is 0 Å². The predicted octanol–water partition coefficient (Wildman–Crippen LogP) is -1.96. The van der Waals surface area contributed by atoms with E-state index in [1.165, 1.54) is 12.3 Å². The topological polar surface area (TPSA) is 83.5 Å². The van der Waals surface area contributed by atoms with Crippen LogP contribution in [0.4, 0.5) is 0 Å². The van der Waals surface area contributed by atoms with Crippen LogP contribution in [0.2, 0.25) is 0 Å². The SMILES string of the molecule is O=C1NC=CC(O)C1=S(=O)=O. The second kappa shape index (κ2) is 2.85. The number of carbonyl (C=O) groups is 1. The van der Waals surface area contributed by atoms with Gasteiger partial charge in [0.1, 0.15) is 6.10 Å². The highest BCUT2D eigenvalue weighted by molar-refractivity contribution is 7.75. The summed E-state index contributed by atoms with van der Waals surface area (Å²) in [4.78, 5) is 10.1. The van der Waals surface area contributed by atoms with Crippen LogP contribution in [0.3, 0.4) is 0 Å². The van der Waals surface area contributed by atoms with Gasteiger partial charge in [0.2, 0.25) is 10.3 Å². The van der Waals surface area contributed by atoms with Crippen molar-refractivity contribution >= 4 is 21.1 Å². The Morgan fingerprint density at radius 1 is 1.55 bits per heavy atom. The van der Waals surface area contributed by atoms with Crippen LogP contribution in [0.15, 0.2) is 12.3 Å². The van der Waals surface area contributed by atoms with Gasteiger partial charge in [-0.25, -0.2) is 0 Å². The molecule has 1 heterocycles. The van der Waals surface area contributed by atoms with Crippen LogP contribution in [0.25, 0.3) is 0 Å². The molecule has 0 bridgehead atoms. The maximum Gasteiger partial charge on any atom is 0.269 e. The van der Waals surface area contributed by atoms with Crippen LogP contribution in [-0.4, -0.2) is 30.4 Å². The zero-order valence-corrected chi connectivity index (χ0v) is 6.13. The van der Waals surface area contributed by atoms with Crippen LogP contribution < -0.4 is 5.32 Å². The number of hydrogen-bond acceptors (Lipinski definition) is 4. The molecule has 0 aromatic heterocycles. The van der Waals surface area contributed by atoms with Gasteiger partial charge in [-0.05, 0) is 6.08 Å². The Balaban J connectivity index is 3.24. The lowest BCUT2D eigenvalue weighted by atomic mass is 10.2. The molecule has 1 amide bonds. The van der Waals surface area contributed by atoms with E-state index in [1.807, 2.05) is 0 Å². The van der Waals surface area contributed by atoms with E-state index in [-0.39, 0.29) is 0 Å². The highest BCUT2D eigenvalue weighted by atomic mass is 32.2. The number of aliphatic hydroxyl groups excluding tert-OH is 1. The molecule has 60 valence electrons. The number of nitrogens with one attached hydrogen (secondary N) is 1. The number of carbonyl (C=O) groups excluding carboxylic acids is 1. The first-order valence-corrected chi connectivity index (χ1v) is 3.82. The first-order chi connectivity index (χ1) is 5.13. The predicted molar refractivity (Wildman–Crippen MR) is 37.2 cm³/mol. The zero-order valence-electron chi connectivity index (χ0n) is 5.31. The van der Waals surface area contributed by atoms with Crippen LogP contribution in [0.1, 0.15) is 0 Å². The molecule has 1 rings (SSSR count). The highest BCUT2D eigenvalue weighted by Crippen LogP contribution is 1.94. The third-order valence-corrected chi connectivity index (χ3v) is 1.95. The van der Waals surface area contributed by atoms with Crippen molar-refractivity contribution < 1.29 is 18.3 Å². The summed E-state index contributed by atoms with van der Waals surface area (Å²) < 4.78 is 20.6. The molecule has 1 atom stereocenters. The van der Waals surface area contributed by atoms with Crippen LogP contribution in [0.5, 0.6) is 0 Å². The lowest BCUT2D eigenvalue weighted by molar-refractivity contribution is -0.114. The Bertz CT molecular complexity index is 331. The van der Waals surface area contributed by atoms with Gasteiger partial charge >= 0.3 is 0 Å². The molecule has 2 N–H and O–H groups in total. The van der Waals surface area contributed by atoms with E-state index in [1.54, 1.807) is 0 Å². The van der Waals surface area contributed by atoms with Crippen LogP contribution in [0, 0.1) is 0 Å². The molecule has 0 aliphatic carbocycles. The second-order valence-corrected chi connectivity index (χ2v) is 2.79. The summed E-state index contributed by atoms with van der Waals surface area (Å²) >= 11 is 0. The van der Waals surface area contributed by atoms with Crippen molar-refractivity contribution in [2.75, 3.05) is 0 Å². The van der Waals surface area contributed by atoms with E-state index >= 15 is 0 Å². The van der Waals surface area contributed by atoms with Gasteiger partial charge in [0.15, 0.2) is 4.86 Å². The quantitative estimate of drug-likeness (QED) is 0.419.